The molecule has 2 heterocycles. The molecule has 6 heteroatoms. The molecule has 0 fully saturated rings. The third-order valence-electron chi connectivity index (χ3n) is 2.98. The van der Waals surface area contributed by atoms with E-state index in [-0.39, 0.29) is 5.56 Å². The van der Waals surface area contributed by atoms with Gasteiger partial charge in [-0.15, -0.1) is 16.4 Å². The zero-order valence-electron chi connectivity index (χ0n) is 10.3. The molecule has 5 nitrogen and oxygen atoms in total. The first-order valence-corrected chi connectivity index (χ1v) is 6.54. The summed E-state index contributed by atoms with van der Waals surface area (Å²) >= 11 is 1.36. The molecule has 1 aromatic carbocycles. The van der Waals surface area contributed by atoms with Gasteiger partial charge < -0.3 is 11.5 Å². The van der Waals surface area contributed by atoms with E-state index >= 15 is 0 Å². The summed E-state index contributed by atoms with van der Waals surface area (Å²) in [6.45, 7) is 1.88. The fraction of sp³-hybridized carbons (Fsp3) is 0.0769. The van der Waals surface area contributed by atoms with Crippen LogP contribution in [0.15, 0.2) is 35.1 Å². The Bertz CT molecular complexity index is 820. The quantitative estimate of drug-likeness (QED) is 0.708. The molecule has 3 aromatic rings. The Morgan fingerprint density at radius 1 is 1.16 bits per heavy atom. The molecule has 2 aromatic heterocycles. The van der Waals surface area contributed by atoms with Crippen LogP contribution >= 0.6 is 11.3 Å². The molecule has 0 saturated heterocycles. The molecule has 0 aliphatic carbocycles. The number of aryl methyl sites for hydroxylation is 1. The molecule has 0 atom stereocenters. The smallest absolute Gasteiger partial charge is 0.282 e. The molecular weight excluding hydrogens is 260 g/mol. The molecule has 0 aliphatic rings. The van der Waals surface area contributed by atoms with Gasteiger partial charge in [0.05, 0.1) is 16.1 Å². The van der Waals surface area contributed by atoms with E-state index in [1.807, 2.05) is 25.1 Å². The predicted molar refractivity (Wildman–Crippen MR) is 78.8 cm³/mol. The summed E-state index contributed by atoms with van der Waals surface area (Å²) in [6, 6.07) is 9.15. The van der Waals surface area contributed by atoms with Crippen molar-refractivity contribution in [1.82, 2.24) is 9.78 Å². The molecule has 0 spiro atoms. The molecule has 19 heavy (non-hydrogen) atoms. The lowest BCUT2D eigenvalue weighted by atomic mass is 10.2. The van der Waals surface area contributed by atoms with Crippen LogP contribution in [0.3, 0.4) is 0 Å². The van der Waals surface area contributed by atoms with Gasteiger partial charge in [0.15, 0.2) is 5.82 Å². The zero-order chi connectivity index (χ0) is 13.6. The topological polar surface area (TPSA) is 86.9 Å². The van der Waals surface area contributed by atoms with Crippen LogP contribution in [0.1, 0.15) is 4.88 Å². The van der Waals surface area contributed by atoms with Gasteiger partial charge in [-0.25, -0.2) is 0 Å². The Hall–Kier alpha value is -2.34. The molecule has 0 aliphatic heterocycles. The van der Waals surface area contributed by atoms with Gasteiger partial charge in [0.25, 0.3) is 5.56 Å². The second-order valence-electron chi connectivity index (χ2n) is 4.21. The van der Waals surface area contributed by atoms with Gasteiger partial charge in [0, 0.05) is 10.3 Å². The van der Waals surface area contributed by atoms with Crippen LogP contribution in [0.25, 0.3) is 16.5 Å². The lowest BCUT2D eigenvalue weighted by molar-refractivity contribution is 0.829. The lowest BCUT2D eigenvalue weighted by Crippen LogP contribution is -2.22. The maximum atomic E-state index is 12.5. The standard InChI is InChI=1S/C13H12N4OS/c1-7-9-10(12(15)19-7)13(18)17(16-11(9)14)8-5-3-2-4-6-8/h2-6H,15H2,1H3,(H2,14,16). The molecule has 0 saturated carbocycles. The predicted octanol–water partition coefficient (Wildman–Crippen LogP) is 1.92. The van der Waals surface area contributed by atoms with Crippen LogP contribution in [0.5, 0.6) is 0 Å². The van der Waals surface area contributed by atoms with Crippen molar-refractivity contribution in [3.8, 4) is 5.69 Å². The largest absolute Gasteiger partial charge is 0.390 e. The number of fused-ring (bicyclic) bond motifs is 1. The fourth-order valence-electron chi connectivity index (χ4n) is 2.14. The second-order valence-corrected chi connectivity index (χ2v) is 5.47. The first-order chi connectivity index (χ1) is 9.09. The van der Waals surface area contributed by atoms with Gasteiger partial charge in [-0.3, -0.25) is 4.79 Å². The first kappa shape index (κ1) is 11.7. The summed E-state index contributed by atoms with van der Waals surface area (Å²) in [4.78, 5) is 13.4. The zero-order valence-corrected chi connectivity index (χ0v) is 11.1. The number of nitrogen functional groups attached to an aromatic ring is 2. The normalized spacial score (nSPS) is 11.0. The van der Waals surface area contributed by atoms with Crippen molar-refractivity contribution in [1.29, 1.82) is 0 Å². The minimum Gasteiger partial charge on any atom is -0.390 e. The van der Waals surface area contributed by atoms with Gasteiger partial charge in [-0.05, 0) is 19.1 Å². The Labute approximate surface area is 113 Å². The third kappa shape index (κ3) is 1.68. The number of aromatic nitrogens is 2. The highest BCUT2D eigenvalue weighted by Gasteiger charge is 2.16. The Morgan fingerprint density at radius 3 is 2.53 bits per heavy atom. The van der Waals surface area contributed by atoms with Crippen molar-refractivity contribution in [2.75, 3.05) is 11.5 Å². The number of thiophene rings is 1. The third-order valence-corrected chi connectivity index (χ3v) is 3.92. The summed E-state index contributed by atoms with van der Waals surface area (Å²) in [7, 11) is 0. The van der Waals surface area contributed by atoms with E-state index in [4.69, 9.17) is 11.5 Å². The van der Waals surface area contributed by atoms with E-state index in [1.165, 1.54) is 16.0 Å². The van der Waals surface area contributed by atoms with Crippen molar-refractivity contribution >= 4 is 32.9 Å². The van der Waals surface area contributed by atoms with Gasteiger partial charge in [-0.1, -0.05) is 18.2 Å². The summed E-state index contributed by atoms with van der Waals surface area (Å²) < 4.78 is 1.29. The second kappa shape index (κ2) is 4.10. The van der Waals surface area contributed by atoms with E-state index in [0.717, 1.165) is 4.88 Å². The number of nitrogens with two attached hydrogens (primary N) is 2. The van der Waals surface area contributed by atoms with E-state index in [9.17, 15) is 4.79 Å². The molecule has 0 amide bonds. The minimum atomic E-state index is -0.239. The van der Waals surface area contributed by atoms with Gasteiger partial charge in [0.1, 0.15) is 0 Å². The maximum Gasteiger partial charge on any atom is 0.282 e. The molecule has 0 bridgehead atoms. The highest BCUT2D eigenvalue weighted by Crippen LogP contribution is 2.33. The first-order valence-electron chi connectivity index (χ1n) is 5.72. The summed E-state index contributed by atoms with van der Waals surface area (Å²) in [5, 5.41) is 5.78. The number of para-hydroxylation sites is 1. The van der Waals surface area contributed by atoms with Crippen LogP contribution in [0, 0.1) is 6.92 Å². The van der Waals surface area contributed by atoms with Crippen molar-refractivity contribution in [3.63, 3.8) is 0 Å². The molecule has 0 radical (unpaired) electrons. The summed E-state index contributed by atoms with van der Waals surface area (Å²) in [5.41, 5.74) is 12.3. The van der Waals surface area contributed by atoms with E-state index in [1.54, 1.807) is 12.1 Å². The molecular formula is C13H12N4OS. The number of anilines is 2. The van der Waals surface area contributed by atoms with E-state index in [2.05, 4.69) is 5.10 Å². The Morgan fingerprint density at radius 2 is 1.84 bits per heavy atom. The fourth-order valence-corrected chi connectivity index (χ4v) is 3.07. The average Bonchev–Trinajstić information content (AvgIpc) is 2.71. The molecule has 96 valence electrons. The number of benzene rings is 1. The van der Waals surface area contributed by atoms with Crippen LogP contribution in [-0.4, -0.2) is 9.78 Å². The number of rotatable bonds is 1. The maximum absolute atomic E-state index is 12.5. The Balaban J connectivity index is 2.44. The van der Waals surface area contributed by atoms with Crippen LogP contribution in [-0.2, 0) is 0 Å². The van der Waals surface area contributed by atoms with Crippen LogP contribution in [0.4, 0.5) is 10.8 Å². The SMILES string of the molecule is Cc1sc(N)c2c(=O)n(-c3ccccc3)nc(N)c12. The van der Waals surface area contributed by atoms with Gasteiger partial charge in [0.2, 0.25) is 0 Å². The number of hydrogen-bond donors (Lipinski definition) is 2. The lowest BCUT2D eigenvalue weighted by Gasteiger charge is -2.06. The van der Waals surface area contributed by atoms with Crippen molar-refractivity contribution in [3.05, 3.63) is 45.6 Å². The van der Waals surface area contributed by atoms with Gasteiger partial charge in [-0.2, -0.15) is 4.68 Å². The van der Waals surface area contributed by atoms with Crippen molar-refractivity contribution in [2.45, 2.75) is 6.92 Å². The van der Waals surface area contributed by atoms with Gasteiger partial charge >= 0.3 is 0 Å². The van der Waals surface area contributed by atoms with E-state index in [0.29, 0.717) is 27.3 Å². The Kier molecular flexibility index (Phi) is 2.53. The highest BCUT2D eigenvalue weighted by molar-refractivity contribution is 7.17. The number of hydrogen-bond acceptors (Lipinski definition) is 5. The van der Waals surface area contributed by atoms with Crippen LogP contribution in [0.2, 0.25) is 0 Å². The molecule has 3 rings (SSSR count). The van der Waals surface area contributed by atoms with E-state index < -0.39 is 0 Å². The molecule has 0 unspecified atom stereocenters. The van der Waals surface area contributed by atoms with Crippen molar-refractivity contribution < 1.29 is 0 Å². The highest BCUT2D eigenvalue weighted by atomic mass is 32.1. The monoisotopic (exact) mass is 272 g/mol. The number of nitrogens with zero attached hydrogens (tertiary/aromatic N) is 2. The summed E-state index contributed by atoms with van der Waals surface area (Å²) in [6.07, 6.45) is 0. The molecule has 4 N–H and O–H groups in total. The van der Waals surface area contributed by atoms with Crippen LogP contribution < -0.4 is 17.0 Å². The van der Waals surface area contributed by atoms with Crippen molar-refractivity contribution in [2.24, 2.45) is 0 Å². The summed E-state index contributed by atoms with van der Waals surface area (Å²) in [5.74, 6) is 0.323. The minimum absolute atomic E-state index is 0.239. The average molecular weight is 272 g/mol.